The number of hydrogen-bond donors (Lipinski definition) is 4. The molecule has 0 fully saturated rings. The molecule has 5 nitrogen and oxygen atoms in total. The fraction of sp³-hybridized carbons (Fsp3) is 1.00. The maximum atomic E-state index is 9.37. The Bertz CT molecular complexity index is 128. The number of hydrogen-bond acceptors (Lipinski definition) is 5. The van der Waals surface area contributed by atoms with Gasteiger partial charge in [0, 0.05) is 0 Å². The van der Waals surface area contributed by atoms with Gasteiger partial charge in [0.05, 0.1) is 25.4 Å². The van der Waals surface area contributed by atoms with E-state index in [0.717, 1.165) is 0 Å². The summed E-state index contributed by atoms with van der Waals surface area (Å²) in [6.45, 7) is 2.91. The summed E-state index contributed by atoms with van der Waals surface area (Å²) in [7, 11) is 0. The fourth-order valence-corrected chi connectivity index (χ4v) is 0.900. The van der Waals surface area contributed by atoms with E-state index in [4.69, 9.17) is 14.9 Å². The molecule has 0 saturated heterocycles. The zero-order valence-corrected chi connectivity index (χ0v) is 7.92. The highest BCUT2D eigenvalue weighted by Gasteiger charge is 2.26. The van der Waals surface area contributed by atoms with Gasteiger partial charge in [-0.25, -0.2) is 0 Å². The molecule has 0 amide bonds. The van der Waals surface area contributed by atoms with Crippen LogP contribution in [0.4, 0.5) is 0 Å². The standard InChI is InChI=1S/C8H18O5/c1-5(10)7(11)8(12)6(2)13-4-3-9/h5-12H,3-4H2,1-2H3/t5-,6+,7?,8?/m1/s1. The van der Waals surface area contributed by atoms with Crippen LogP contribution < -0.4 is 0 Å². The summed E-state index contributed by atoms with van der Waals surface area (Å²) < 4.78 is 4.95. The quantitative estimate of drug-likeness (QED) is 0.412. The summed E-state index contributed by atoms with van der Waals surface area (Å²) in [4.78, 5) is 0. The zero-order chi connectivity index (χ0) is 10.4. The molecule has 0 heterocycles. The lowest BCUT2D eigenvalue weighted by molar-refractivity contribution is -0.117. The first kappa shape index (κ1) is 12.8. The second kappa shape index (κ2) is 6.28. The Morgan fingerprint density at radius 1 is 1.08 bits per heavy atom. The molecule has 0 aliphatic carbocycles. The van der Waals surface area contributed by atoms with Crippen molar-refractivity contribution in [3.63, 3.8) is 0 Å². The van der Waals surface area contributed by atoms with Crippen molar-refractivity contribution < 1.29 is 25.2 Å². The predicted molar refractivity (Wildman–Crippen MR) is 46.2 cm³/mol. The summed E-state index contributed by atoms with van der Waals surface area (Å²) in [5.74, 6) is 0. The van der Waals surface area contributed by atoms with E-state index in [1.165, 1.54) is 6.92 Å². The molecule has 2 unspecified atom stereocenters. The zero-order valence-electron chi connectivity index (χ0n) is 7.92. The van der Waals surface area contributed by atoms with E-state index in [1.807, 2.05) is 0 Å². The molecular formula is C8H18O5. The first-order valence-electron chi connectivity index (χ1n) is 4.27. The van der Waals surface area contributed by atoms with Gasteiger partial charge in [0.25, 0.3) is 0 Å². The Labute approximate surface area is 77.6 Å². The van der Waals surface area contributed by atoms with E-state index >= 15 is 0 Å². The second-order valence-corrected chi connectivity index (χ2v) is 3.02. The van der Waals surface area contributed by atoms with Gasteiger partial charge in [-0.05, 0) is 13.8 Å². The van der Waals surface area contributed by atoms with Crippen molar-refractivity contribution in [2.24, 2.45) is 0 Å². The molecule has 80 valence electrons. The van der Waals surface area contributed by atoms with Crippen LogP contribution in [-0.4, -0.2) is 58.1 Å². The van der Waals surface area contributed by atoms with Crippen LogP contribution >= 0.6 is 0 Å². The summed E-state index contributed by atoms with van der Waals surface area (Å²) in [6, 6.07) is 0. The van der Waals surface area contributed by atoms with Crippen molar-refractivity contribution in [2.45, 2.75) is 38.3 Å². The van der Waals surface area contributed by atoms with E-state index in [9.17, 15) is 10.2 Å². The van der Waals surface area contributed by atoms with Gasteiger partial charge < -0.3 is 25.2 Å². The lowest BCUT2D eigenvalue weighted by atomic mass is 10.1. The summed E-state index contributed by atoms with van der Waals surface area (Å²) in [6.07, 6.45) is -3.99. The average Bonchev–Trinajstić information content (AvgIpc) is 2.11. The molecule has 0 aromatic carbocycles. The van der Waals surface area contributed by atoms with Crippen LogP contribution in [0.5, 0.6) is 0 Å². The van der Waals surface area contributed by atoms with Crippen molar-refractivity contribution in [2.75, 3.05) is 13.2 Å². The number of aliphatic hydroxyl groups excluding tert-OH is 4. The molecule has 0 saturated carbocycles. The van der Waals surface area contributed by atoms with Crippen molar-refractivity contribution >= 4 is 0 Å². The van der Waals surface area contributed by atoms with Crippen molar-refractivity contribution in [3.8, 4) is 0 Å². The number of ether oxygens (including phenoxy) is 1. The van der Waals surface area contributed by atoms with E-state index in [2.05, 4.69) is 0 Å². The first-order chi connectivity index (χ1) is 6.00. The third-order valence-electron chi connectivity index (χ3n) is 1.80. The Kier molecular flexibility index (Phi) is 6.19. The van der Waals surface area contributed by atoms with Crippen LogP contribution in [0.1, 0.15) is 13.8 Å². The second-order valence-electron chi connectivity index (χ2n) is 3.02. The lowest BCUT2D eigenvalue weighted by Crippen LogP contribution is -2.43. The Morgan fingerprint density at radius 2 is 1.62 bits per heavy atom. The first-order valence-corrected chi connectivity index (χ1v) is 4.27. The minimum absolute atomic E-state index is 0.102. The summed E-state index contributed by atoms with van der Waals surface area (Å²) in [5.41, 5.74) is 0. The molecule has 0 spiro atoms. The van der Waals surface area contributed by atoms with Gasteiger partial charge in [-0.15, -0.1) is 0 Å². The van der Waals surface area contributed by atoms with Crippen LogP contribution in [0.2, 0.25) is 0 Å². The molecule has 0 radical (unpaired) electrons. The van der Waals surface area contributed by atoms with Crippen LogP contribution in [0.3, 0.4) is 0 Å². The number of aliphatic hydroxyl groups is 4. The van der Waals surface area contributed by atoms with Gasteiger partial charge in [-0.2, -0.15) is 0 Å². The van der Waals surface area contributed by atoms with Gasteiger partial charge in [-0.1, -0.05) is 0 Å². The smallest absolute Gasteiger partial charge is 0.108 e. The third kappa shape index (κ3) is 4.54. The van der Waals surface area contributed by atoms with E-state index in [1.54, 1.807) is 6.92 Å². The predicted octanol–water partition coefficient (Wildman–Crippen LogP) is -1.51. The van der Waals surface area contributed by atoms with Crippen LogP contribution in [0.25, 0.3) is 0 Å². The SMILES string of the molecule is C[C@H](OCCO)C(O)C(O)[C@@H](C)O. The van der Waals surface area contributed by atoms with Crippen molar-refractivity contribution in [3.05, 3.63) is 0 Å². The number of rotatable bonds is 6. The molecular weight excluding hydrogens is 176 g/mol. The molecule has 4 atom stereocenters. The fourth-order valence-electron chi connectivity index (χ4n) is 0.900. The molecule has 5 heteroatoms. The molecule has 0 rings (SSSR count). The largest absolute Gasteiger partial charge is 0.394 e. The summed E-state index contributed by atoms with van der Waals surface area (Å²) in [5, 5.41) is 36.0. The van der Waals surface area contributed by atoms with Gasteiger partial charge in [0.2, 0.25) is 0 Å². The summed E-state index contributed by atoms with van der Waals surface area (Å²) >= 11 is 0. The molecule has 0 aromatic rings. The van der Waals surface area contributed by atoms with Gasteiger partial charge in [0.15, 0.2) is 0 Å². The van der Waals surface area contributed by atoms with Crippen molar-refractivity contribution in [1.29, 1.82) is 0 Å². The molecule has 0 bridgehead atoms. The van der Waals surface area contributed by atoms with Gasteiger partial charge >= 0.3 is 0 Å². The van der Waals surface area contributed by atoms with Gasteiger partial charge in [0.1, 0.15) is 12.2 Å². The molecule has 0 aromatic heterocycles. The highest BCUT2D eigenvalue weighted by atomic mass is 16.5. The Hall–Kier alpha value is -0.200. The van der Waals surface area contributed by atoms with Crippen LogP contribution in [0, 0.1) is 0 Å². The maximum Gasteiger partial charge on any atom is 0.108 e. The minimum atomic E-state index is -1.23. The van der Waals surface area contributed by atoms with Crippen LogP contribution in [-0.2, 0) is 4.74 Å². The Morgan fingerprint density at radius 3 is 2.00 bits per heavy atom. The van der Waals surface area contributed by atoms with E-state index in [0.29, 0.717) is 0 Å². The van der Waals surface area contributed by atoms with E-state index < -0.39 is 24.4 Å². The monoisotopic (exact) mass is 194 g/mol. The highest BCUT2D eigenvalue weighted by Crippen LogP contribution is 2.07. The van der Waals surface area contributed by atoms with Crippen LogP contribution in [0.15, 0.2) is 0 Å². The normalized spacial score (nSPS) is 20.8. The highest BCUT2D eigenvalue weighted by molar-refractivity contribution is 4.77. The van der Waals surface area contributed by atoms with Gasteiger partial charge in [-0.3, -0.25) is 0 Å². The Balaban J connectivity index is 3.86. The minimum Gasteiger partial charge on any atom is -0.394 e. The molecule has 4 N–H and O–H groups in total. The average molecular weight is 194 g/mol. The van der Waals surface area contributed by atoms with E-state index in [-0.39, 0.29) is 13.2 Å². The third-order valence-corrected chi connectivity index (χ3v) is 1.80. The molecule has 0 aliphatic heterocycles. The molecule has 0 aliphatic rings. The van der Waals surface area contributed by atoms with Crippen molar-refractivity contribution in [1.82, 2.24) is 0 Å². The molecule has 13 heavy (non-hydrogen) atoms. The maximum absolute atomic E-state index is 9.37. The topological polar surface area (TPSA) is 90.2 Å². The lowest BCUT2D eigenvalue weighted by Gasteiger charge is -2.25.